The van der Waals surface area contributed by atoms with Gasteiger partial charge in [-0.15, -0.1) is 0 Å². The summed E-state index contributed by atoms with van der Waals surface area (Å²) in [6.07, 6.45) is 0.697. The lowest BCUT2D eigenvalue weighted by Crippen LogP contribution is -2.40. The van der Waals surface area contributed by atoms with E-state index in [1.54, 1.807) is 65.6 Å². The number of halogens is 4. The van der Waals surface area contributed by atoms with E-state index >= 15 is 0 Å². The molecule has 0 atom stereocenters. The molecular weight excluding hydrogens is 455 g/mol. The van der Waals surface area contributed by atoms with Crippen molar-refractivity contribution in [1.82, 2.24) is 4.40 Å². The average Bonchev–Trinajstić information content (AvgIpc) is 2.81. The van der Waals surface area contributed by atoms with Crippen LogP contribution in [0.3, 0.4) is 0 Å². The molecule has 0 saturated carbocycles. The Morgan fingerprint density at radius 2 is 1.85 bits per heavy atom. The first-order valence-electron chi connectivity index (χ1n) is 9.99. The fraction of sp³-hybridized carbons (Fsp3) is 0.125. The maximum absolute atomic E-state index is 13.2. The molecule has 5 nitrogen and oxygen atoms in total. The summed E-state index contributed by atoms with van der Waals surface area (Å²) in [5.41, 5.74) is -0.248. The molecule has 0 aliphatic heterocycles. The van der Waals surface area contributed by atoms with Gasteiger partial charge in [0.2, 0.25) is 0 Å². The molecule has 0 radical (unpaired) electrons. The minimum Gasteiger partial charge on any atom is -0.357 e. The van der Waals surface area contributed by atoms with Crippen LogP contribution in [0.25, 0.3) is 16.8 Å². The van der Waals surface area contributed by atoms with Gasteiger partial charge in [0.1, 0.15) is 11.8 Å². The molecule has 0 unspecified atom stereocenters. The van der Waals surface area contributed by atoms with Crippen LogP contribution in [0.4, 0.5) is 13.2 Å². The monoisotopic (exact) mass is 472 g/mol. The van der Waals surface area contributed by atoms with Crippen LogP contribution < -0.4 is 15.0 Å². The molecule has 0 aliphatic rings. The van der Waals surface area contributed by atoms with Crippen LogP contribution >= 0.6 is 11.6 Å². The molecule has 9 heteroatoms. The Hall–Kier alpha value is -3.65. The van der Waals surface area contributed by atoms with Crippen molar-refractivity contribution in [2.75, 3.05) is 0 Å². The number of hydrogen-bond acceptors (Lipinski definition) is 3. The summed E-state index contributed by atoms with van der Waals surface area (Å²) in [5.74, 6) is 0.534. The van der Waals surface area contributed by atoms with Crippen LogP contribution in [-0.4, -0.2) is 10.6 Å². The van der Waals surface area contributed by atoms with Gasteiger partial charge >= 0.3 is 11.7 Å². The largest absolute Gasteiger partial charge is 0.416 e. The van der Waals surface area contributed by atoms with Gasteiger partial charge in [-0.25, -0.2) is 9.36 Å². The third-order valence-electron chi connectivity index (χ3n) is 4.91. The van der Waals surface area contributed by atoms with E-state index in [0.29, 0.717) is 29.4 Å². The third kappa shape index (κ3) is 5.23. The fourth-order valence-electron chi connectivity index (χ4n) is 3.33. The van der Waals surface area contributed by atoms with Crippen molar-refractivity contribution in [3.8, 4) is 16.9 Å². The first kappa shape index (κ1) is 22.5. The third-order valence-corrected chi connectivity index (χ3v) is 5.17. The molecule has 2 aromatic carbocycles. The van der Waals surface area contributed by atoms with Crippen LogP contribution in [0.2, 0.25) is 5.02 Å². The van der Waals surface area contributed by atoms with E-state index in [0.717, 1.165) is 12.1 Å². The summed E-state index contributed by atoms with van der Waals surface area (Å²) in [5, 5.41) is 4.52. The number of benzene rings is 2. The van der Waals surface area contributed by atoms with Gasteiger partial charge in [-0.3, -0.25) is 0 Å². The zero-order valence-electron chi connectivity index (χ0n) is 17.2. The SMILES string of the molecule is O=c1c(-c2cccc(C(F)(F)F)c2)c[n+](CC/C=N\Oc2ccc(Cl)cc2)c2ccccn12. The summed E-state index contributed by atoms with van der Waals surface area (Å²) in [7, 11) is 0. The lowest BCUT2D eigenvalue weighted by atomic mass is 10.1. The quantitative estimate of drug-likeness (QED) is 0.215. The zero-order valence-corrected chi connectivity index (χ0v) is 17.9. The number of fused-ring (bicyclic) bond motifs is 1. The Morgan fingerprint density at radius 3 is 2.61 bits per heavy atom. The van der Waals surface area contributed by atoms with Gasteiger partial charge in [0.05, 0.1) is 18.3 Å². The Labute approximate surface area is 191 Å². The molecule has 0 spiro atoms. The number of hydrogen-bond donors (Lipinski definition) is 0. The summed E-state index contributed by atoms with van der Waals surface area (Å²) in [6, 6.07) is 16.7. The van der Waals surface area contributed by atoms with Gasteiger partial charge in [-0.2, -0.15) is 17.6 Å². The maximum Gasteiger partial charge on any atom is 0.416 e. The van der Waals surface area contributed by atoms with E-state index in [4.69, 9.17) is 16.4 Å². The molecule has 0 N–H and O–H groups in total. The molecule has 4 aromatic rings. The summed E-state index contributed by atoms with van der Waals surface area (Å²) in [4.78, 5) is 18.3. The molecule has 0 saturated heterocycles. The highest BCUT2D eigenvalue weighted by molar-refractivity contribution is 6.30. The van der Waals surface area contributed by atoms with Crippen molar-refractivity contribution < 1.29 is 22.6 Å². The zero-order chi connectivity index (χ0) is 23.4. The van der Waals surface area contributed by atoms with Gasteiger partial charge in [-0.05, 0) is 48.0 Å². The second kappa shape index (κ2) is 9.46. The molecule has 33 heavy (non-hydrogen) atoms. The van der Waals surface area contributed by atoms with Crippen molar-refractivity contribution in [3.63, 3.8) is 0 Å². The first-order chi connectivity index (χ1) is 15.8. The minimum atomic E-state index is -4.50. The molecule has 0 bridgehead atoms. The van der Waals surface area contributed by atoms with Crippen LogP contribution in [0.1, 0.15) is 12.0 Å². The lowest BCUT2D eigenvalue weighted by molar-refractivity contribution is -0.672. The minimum absolute atomic E-state index is 0.166. The van der Waals surface area contributed by atoms with Gasteiger partial charge in [-0.1, -0.05) is 35.0 Å². The standard InChI is InChI=1S/C24H18ClF3N3O2/c25-19-8-10-20(11-9-19)33-29-12-4-13-30-16-21(23(32)31-14-2-1-7-22(30)31)17-5-3-6-18(15-17)24(26,27)28/h1-3,5-12,14-16H,4,13H2/q+1/b29-12-. The molecule has 2 heterocycles. The topological polar surface area (TPSA) is 47.0 Å². The Balaban J connectivity index is 1.62. The molecule has 0 aliphatic carbocycles. The van der Waals surface area contributed by atoms with Crippen LogP contribution in [0, 0.1) is 0 Å². The van der Waals surface area contributed by atoms with Crippen LogP contribution in [-0.2, 0) is 12.7 Å². The number of nitrogens with zero attached hydrogens (tertiary/aromatic N) is 3. The molecule has 4 rings (SSSR count). The second-order valence-corrected chi connectivity index (χ2v) is 7.61. The predicted molar refractivity (Wildman–Crippen MR) is 119 cm³/mol. The van der Waals surface area contributed by atoms with Crippen molar-refractivity contribution in [2.45, 2.75) is 19.1 Å². The van der Waals surface area contributed by atoms with Gasteiger partial charge in [0.25, 0.3) is 5.65 Å². The van der Waals surface area contributed by atoms with Gasteiger partial charge < -0.3 is 4.84 Å². The van der Waals surface area contributed by atoms with Crippen molar-refractivity contribution in [1.29, 1.82) is 0 Å². The number of aryl methyl sites for hydroxylation is 1. The van der Waals surface area contributed by atoms with Gasteiger partial charge in [0, 0.05) is 23.7 Å². The highest BCUT2D eigenvalue weighted by Gasteiger charge is 2.31. The lowest BCUT2D eigenvalue weighted by Gasteiger charge is -2.09. The fourth-order valence-corrected chi connectivity index (χ4v) is 3.46. The Morgan fingerprint density at radius 1 is 1.06 bits per heavy atom. The van der Waals surface area contributed by atoms with E-state index in [1.807, 2.05) is 0 Å². The van der Waals surface area contributed by atoms with E-state index in [9.17, 15) is 18.0 Å². The molecule has 0 fully saturated rings. The van der Waals surface area contributed by atoms with E-state index in [-0.39, 0.29) is 11.1 Å². The Bertz CT molecular complexity index is 1370. The summed E-state index contributed by atoms with van der Waals surface area (Å²) >= 11 is 5.83. The molecule has 0 amide bonds. The molecule has 168 valence electrons. The predicted octanol–water partition coefficient (Wildman–Crippen LogP) is 5.38. The number of alkyl halides is 3. The highest BCUT2D eigenvalue weighted by Crippen LogP contribution is 2.31. The smallest absolute Gasteiger partial charge is 0.357 e. The molecular formula is C24H18ClF3N3O2+. The molecule has 2 aromatic heterocycles. The van der Waals surface area contributed by atoms with E-state index in [2.05, 4.69) is 5.16 Å². The van der Waals surface area contributed by atoms with E-state index < -0.39 is 17.3 Å². The summed E-state index contributed by atoms with van der Waals surface area (Å²) < 4.78 is 42.7. The normalized spacial score (nSPS) is 11.9. The summed E-state index contributed by atoms with van der Waals surface area (Å²) in [6.45, 7) is 0.424. The maximum atomic E-state index is 13.2. The van der Waals surface area contributed by atoms with Gasteiger partial charge in [0.15, 0.2) is 5.75 Å². The van der Waals surface area contributed by atoms with Crippen LogP contribution in [0.15, 0.2) is 89.1 Å². The Kier molecular flexibility index (Phi) is 6.46. The highest BCUT2D eigenvalue weighted by atomic mass is 35.5. The number of rotatable bonds is 6. The average molecular weight is 473 g/mol. The first-order valence-corrected chi connectivity index (χ1v) is 10.4. The van der Waals surface area contributed by atoms with Crippen molar-refractivity contribution >= 4 is 23.5 Å². The number of pyridine rings is 1. The van der Waals surface area contributed by atoms with Crippen molar-refractivity contribution in [2.24, 2.45) is 5.16 Å². The van der Waals surface area contributed by atoms with E-state index in [1.165, 1.54) is 16.5 Å². The van der Waals surface area contributed by atoms with Crippen LogP contribution in [0.5, 0.6) is 5.75 Å². The number of aromatic nitrogens is 2. The van der Waals surface area contributed by atoms with Crippen molar-refractivity contribution in [3.05, 3.63) is 100 Å². The number of oxime groups is 1. The second-order valence-electron chi connectivity index (χ2n) is 7.17.